The lowest BCUT2D eigenvalue weighted by Gasteiger charge is -2.09. The molecule has 0 unspecified atom stereocenters. The van der Waals surface area contributed by atoms with Gasteiger partial charge in [0.25, 0.3) is 0 Å². The van der Waals surface area contributed by atoms with E-state index in [1.165, 1.54) is 13.2 Å². The van der Waals surface area contributed by atoms with Crippen LogP contribution in [0.4, 0.5) is 0 Å². The zero-order valence-electron chi connectivity index (χ0n) is 11.9. The van der Waals surface area contributed by atoms with Gasteiger partial charge in [0.15, 0.2) is 5.65 Å². The van der Waals surface area contributed by atoms with Crippen LogP contribution in [0.5, 0.6) is 11.5 Å². The van der Waals surface area contributed by atoms with Crippen LogP contribution in [-0.2, 0) is 10.1 Å². The van der Waals surface area contributed by atoms with Crippen LogP contribution in [0.2, 0.25) is 0 Å². The molecule has 1 aromatic carbocycles. The van der Waals surface area contributed by atoms with E-state index in [2.05, 4.69) is 15.0 Å². The minimum atomic E-state index is -3.59. The van der Waals surface area contributed by atoms with Gasteiger partial charge >= 0.3 is 10.1 Å². The van der Waals surface area contributed by atoms with Crippen molar-refractivity contribution in [1.82, 2.24) is 15.0 Å². The molecule has 2 heterocycles. The fourth-order valence-electron chi connectivity index (χ4n) is 2.07. The Bertz CT molecular complexity index is 901. The minimum absolute atomic E-state index is 0.178. The van der Waals surface area contributed by atoms with Crippen LogP contribution < -0.4 is 8.92 Å². The number of hydrogen-bond donors (Lipinski definition) is 1. The van der Waals surface area contributed by atoms with Crippen LogP contribution in [0, 0.1) is 0 Å². The minimum Gasteiger partial charge on any atom is -0.496 e. The van der Waals surface area contributed by atoms with Crippen molar-refractivity contribution in [1.29, 1.82) is 0 Å². The number of hydrogen-bond acceptors (Lipinski definition) is 6. The van der Waals surface area contributed by atoms with Crippen molar-refractivity contribution in [2.75, 3.05) is 13.4 Å². The molecule has 0 saturated heterocycles. The Kier molecular flexibility index (Phi) is 3.45. The largest absolute Gasteiger partial charge is 0.496 e. The van der Waals surface area contributed by atoms with Crippen molar-refractivity contribution in [2.45, 2.75) is 0 Å². The van der Waals surface area contributed by atoms with Gasteiger partial charge in [-0.15, -0.1) is 0 Å². The smallest absolute Gasteiger partial charge is 0.306 e. The first kappa shape index (κ1) is 14.3. The number of imidazole rings is 1. The first-order valence-electron chi connectivity index (χ1n) is 6.35. The van der Waals surface area contributed by atoms with Gasteiger partial charge in [0.2, 0.25) is 0 Å². The third-order valence-electron chi connectivity index (χ3n) is 2.93. The maximum atomic E-state index is 11.2. The number of aromatic amines is 1. The Hall–Kier alpha value is -2.61. The number of ether oxygens (including phenoxy) is 1. The molecule has 0 radical (unpaired) electrons. The molecular formula is C14H13N3O4S. The summed E-state index contributed by atoms with van der Waals surface area (Å²) in [6, 6.07) is 8.39. The lowest BCUT2D eigenvalue weighted by Crippen LogP contribution is -2.05. The lowest BCUT2D eigenvalue weighted by atomic mass is 10.2. The first-order chi connectivity index (χ1) is 10.5. The highest BCUT2D eigenvalue weighted by atomic mass is 32.2. The second-order valence-electron chi connectivity index (χ2n) is 4.61. The fourth-order valence-corrected chi connectivity index (χ4v) is 2.52. The predicted octanol–water partition coefficient (Wildman–Crippen LogP) is 1.97. The molecule has 0 atom stereocenters. The van der Waals surface area contributed by atoms with E-state index in [9.17, 15) is 8.42 Å². The zero-order chi connectivity index (χ0) is 15.7. The van der Waals surface area contributed by atoms with Crippen molar-refractivity contribution in [3.8, 4) is 22.9 Å². The number of methoxy groups -OCH3 is 1. The monoisotopic (exact) mass is 319 g/mol. The standard InChI is InChI=1S/C14H13N3O4S/c1-20-12-8-9(21-22(2,18)19)5-6-10(12)13-16-11-4-3-7-15-14(11)17-13/h3-8H,1-2H3,(H,15,16,17). The van der Waals surface area contributed by atoms with Crippen molar-refractivity contribution in [3.63, 3.8) is 0 Å². The molecule has 0 aliphatic heterocycles. The Morgan fingerprint density at radius 3 is 2.73 bits per heavy atom. The number of nitrogens with zero attached hydrogens (tertiary/aromatic N) is 2. The molecule has 0 fully saturated rings. The predicted molar refractivity (Wildman–Crippen MR) is 81.3 cm³/mol. The average Bonchev–Trinajstić information content (AvgIpc) is 2.89. The molecule has 1 N–H and O–H groups in total. The summed E-state index contributed by atoms with van der Waals surface area (Å²) in [5, 5.41) is 0. The van der Waals surface area contributed by atoms with Gasteiger partial charge in [-0.2, -0.15) is 8.42 Å². The van der Waals surface area contributed by atoms with Crippen LogP contribution >= 0.6 is 0 Å². The van der Waals surface area contributed by atoms with E-state index in [1.807, 2.05) is 12.1 Å². The van der Waals surface area contributed by atoms with Gasteiger partial charge in [-0.25, -0.2) is 9.97 Å². The molecule has 7 nitrogen and oxygen atoms in total. The summed E-state index contributed by atoms with van der Waals surface area (Å²) in [6.45, 7) is 0. The molecule has 3 rings (SSSR count). The first-order valence-corrected chi connectivity index (χ1v) is 8.16. The zero-order valence-corrected chi connectivity index (χ0v) is 12.7. The summed E-state index contributed by atoms with van der Waals surface area (Å²) < 4.78 is 32.5. The summed E-state index contributed by atoms with van der Waals surface area (Å²) in [5.74, 6) is 1.20. The van der Waals surface area contributed by atoms with E-state index >= 15 is 0 Å². The van der Waals surface area contributed by atoms with E-state index in [0.29, 0.717) is 22.8 Å². The van der Waals surface area contributed by atoms with Gasteiger partial charge in [0.1, 0.15) is 17.3 Å². The van der Waals surface area contributed by atoms with Gasteiger partial charge in [-0.3, -0.25) is 0 Å². The quantitative estimate of drug-likeness (QED) is 0.739. The van der Waals surface area contributed by atoms with Crippen molar-refractivity contribution >= 4 is 21.3 Å². The number of pyridine rings is 1. The lowest BCUT2D eigenvalue weighted by molar-refractivity contribution is 0.413. The van der Waals surface area contributed by atoms with Gasteiger partial charge in [-0.05, 0) is 24.3 Å². The Morgan fingerprint density at radius 1 is 1.23 bits per heavy atom. The highest BCUT2D eigenvalue weighted by Crippen LogP contribution is 2.32. The Morgan fingerprint density at radius 2 is 2.05 bits per heavy atom. The molecule has 8 heteroatoms. The van der Waals surface area contributed by atoms with Gasteiger partial charge < -0.3 is 13.9 Å². The normalized spacial score (nSPS) is 11.5. The van der Waals surface area contributed by atoms with Crippen LogP contribution in [0.1, 0.15) is 0 Å². The number of benzene rings is 1. The molecular weight excluding hydrogens is 306 g/mol. The van der Waals surface area contributed by atoms with Crippen LogP contribution in [0.15, 0.2) is 36.5 Å². The summed E-state index contributed by atoms with van der Waals surface area (Å²) in [5.41, 5.74) is 2.08. The van der Waals surface area contributed by atoms with Crippen molar-refractivity contribution in [2.24, 2.45) is 0 Å². The van der Waals surface area contributed by atoms with E-state index < -0.39 is 10.1 Å². The summed E-state index contributed by atoms with van der Waals surface area (Å²) in [7, 11) is -2.10. The molecule has 0 spiro atoms. The van der Waals surface area contributed by atoms with Gasteiger partial charge in [-0.1, -0.05) is 0 Å². The SMILES string of the molecule is COc1cc(OS(C)(=O)=O)ccc1-c1nc2ncccc2[nH]1. The van der Waals surface area contributed by atoms with Crippen LogP contribution in [0.3, 0.4) is 0 Å². The molecule has 3 aromatic rings. The van der Waals surface area contributed by atoms with Crippen LogP contribution in [0.25, 0.3) is 22.6 Å². The molecule has 22 heavy (non-hydrogen) atoms. The molecule has 2 aromatic heterocycles. The van der Waals surface area contributed by atoms with E-state index in [4.69, 9.17) is 8.92 Å². The van der Waals surface area contributed by atoms with E-state index in [-0.39, 0.29) is 5.75 Å². The number of fused-ring (bicyclic) bond motifs is 1. The molecule has 0 saturated carbocycles. The second-order valence-corrected chi connectivity index (χ2v) is 6.18. The number of rotatable bonds is 4. The van der Waals surface area contributed by atoms with E-state index in [1.54, 1.807) is 18.3 Å². The third-order valence-corrected chi connectivity index (χ3v) is 3.43. The molecule has 114 valence electrons. The number of H-pyrrole nitrogens is 1. The van der Waals surface area contributed by atoms with Gasteiger partial charge in [0, 0.05) is 12.3 Å². The molecule has 0 aliphatic carbocycles. The third kappa shape index (κ3) is 2.86. The topological polar surface area (TPSA) is 94.2 Å². The van der Waals surface area contributed by atoms with Gasteiger partial charge in [0.05, 0.1) is 24.4 Å². The summed E-state index contributed by atoms with van der Waals surface area (Å²) in [6.07, 6.45) is 2.64. The highest BCUT2D eigenvalue weighted by Gasteiger charge is 2.14. The Balaban J connectivity index is 2.06. The van der Waals surface area contributed by atoms with Crippen molar-refractivity contribution < 1.29 is 17.3 Å². The van der Waals surface area contributed by atoms with Crippen LogP contribution in [-0.4, -0.2) is 36.7 Å². The second kappa shape index (κ2) is 5.30. The molecule has 0 aliphatic rings. The highest BCUT2D eigenvalue weighted by molar-refractivity contribution is 7.86. The maximum absolute atomic E-state index is 11.2. The summed E-state index contributed by atoms with van der Waals surface area (Å²) in [4.78, 5) is 11.7. The Labute approximate surface area is 127 Å². The summed E-state index contributed by atoms with van der Waals surface area (Å²) >= 11 is 0. The molecule has 0 bridgehead atoms. The fraction of sp³-hybridized carbons (Fsp3) is 0.143. The number of aromatic nitrogens is 3. The maximum Gasteiger partial charge on any atom is 0.306 e. The number of nitrogens with one attached hydrogen (secondary N) is 1. The van der Waals surface area contributed by atoms with Crippen molar-refractivity contribution in [3.05, 3.63) is 36.5 Å². The van der Waals surface area contributed by atoms with E-state index in [0.717, 1.165) is 11.8 Å². The average molecular weight is 319 g/mol. The molecule has 0 amide bonds.